The van der Waals surface area contributed by atoms with E-state index in [1.807, 2.05) is 4.90 Å². The summed E-state index contributed by atoms with van der Waals surface area (Å²) in [6, 6.07) is 7.29. The van der Waals surface area contributed by atoms with Gasteiger partial charge in [-0.3, -0.25) is 4.79 Å². The number of carbonyl (C=O) groups excluding carboxylic acids is 1. The maximum Gasteiger partial charge on any atom is 0.416 e. The van der Waals surface area contributed by atoms with E-state index in [-0.39, 0.29) is 41.6 Å². The number of halogens is 7. The lowest BCUT2D eigenvalue weighted by Crippen LogP contribution is -2.38. The van der Waals surface area contributed by atoms with Gasteiger partial charge in [-0.2, -0.15) is 26.3 Å². The van der Waals surface area contributed by atoms with Crippen molar-refractivity contribution in [3.63, 3.8) is 0 Å². The fourth-order valence-electron chi connectivity index (χ4n) is 6.42. The summed E-state index contributed by atoms with van der Waals surface area (Å²) in [5, 5.41) is 10.4. The summed E-state index contributed by atoms with van der Waals surface area (Å²) in [7, 11) is 0. The first-order valence-corrected chi connectivity index (χ1v) is 13.1. The third-order valence-electron chi connectivity index (χ3n) is 8.30. The zero-order valence-electron chi connectivity index (χ0n) is 21.5. The van der Waals surface area contributed by atoms with Gasteiger partial charge in [-0.05, 0) is 73.1 Å². The summed E-state index contributed by atoms with van der Waals surface area (Å²) in [5.41, 5.74) is -1.77. The number of aliphatic hydroxyl groups is 1. The smallest absolute Gasteiger partial charge is 0.386 e. The molecule has 1 aliphatic heterocycles. The molecule has 0 bridgehead atoms. The predicted octanol–water partition coefficient (Wildman–Crippen LogP) is 6.65. The Bertz CT molecular complexity index is 1260. The van der Waals surface area contributed by atoms with Crippen LogP contribution in [0.15, 0.2) is 54.2 Å². The number of ether oxygens (including phenoxy) is 1. The number of allylic oxidation sites excluding steroid dienone is 1. The van der Waals surface area contributed by atoms with Crippen LogP contribution in [-0.4, -0.2) is 41.1 Å². The molecule has 0 radical (unpaired) electrons. The largest absolute Gasteiger partial charge is 0.416 e. The van der Waals surface area contributed by atoms with Crippen LogP contribution in [0.25, 0.3) is 0 Å². The van der Waals surface area contributed by atoms with Crippen LogP contribution in [0.3, 0.4) is 0 Å². The molecule has 0 aromatic heterocycles. The second-order valence-electron chi connectivity index (χ2n) is 10.9. The molecule has 1 saturated carbocycles. The predicted molar refractivity (Wildman–Crippen MR) is 130 cm³/mol. The van der Waals surface area contributed by atoms with E-state index < -0.39 is 47.6 Å². The number of carbonyl (C=O) groups is 1. The number of ketones is 1. The van der Waals surface area contributed by atoms with E-state index in [0.29, 0.717) is 43.8 Å². The van der Waals surface area contributed by atoms with E-state index in [0.717, 1.165) is 5.56 Å². The Balaban J connectivity index is 1.45. The highest BCUT2D eigenvalue weighted by molar-refractivity contribution is 5.93. The standard InChI is InChI=1S/C29H28F7NO3/c1-15(18-8-19(28(31,32)33)10-20(9-18)29(34,35)36)40-26-7-4-17-13-37(24-11-22(38)12-25(24)39)14-23(17)27(26)16-2-5-21(30)6-3-16/h2-3,5-6,8-11,15,17,23,25-27,39H,4,7,12-14H2,1H3. The van der Waals surface area contributed by atoms with Crippen LogP contribution < -0.4 is 0 Å². The van der Waals surface area contributed by atoms with Crippen molar-refractivity contribution in [3.05, 3.63) is 82.3 Å². The Morgan fingerprint density at radius 2 is 1.57 bits per heavy atom. The van der Waals surface area contributed by atoms with E-state index in [4.69, 9.17) is 4.74 Å². The van der Waals surface area contributed by atoms with Crippen molar-refractivity contribution < 1.29 is 45.4 Å². The number of hydrogen-bond donors (Lipinski definition) is 1. The molecule has 11 heteroatoms. The molecular formula is C29H28F7NO3. The van der Waals surface area contributed by atoms with E-state index in [1.165, 1.54) is 25.1 Å². The average Bonchev–Trinajstić information content (AvgIpc) is 3.45. The highest BCUT2D eigenvalue weighted by atomic mass is 19.4. The summed E-state index contributed by atoms with van der Waals surface area (Å²) in [6.45, 7) is 2.48. The molecule has 0 spiro atoms. The van der Waals surface area contributed by atoms with Gasteiger partial charge in [0.1, 0.15) is 11.9 Å². The molecule has 5 rings (SSSR count). The molecule has 1 saturated heterocycles. The number of likely N-dealkylation sites (tertiary alicyclic amines) is 1. The number of aliphatic hydroxyl groups excluding tert-OH is 1. The molecule has 40 heavy (non-hydrogen) atoms. The third-order valence-corrected chi connectivity index (χ3v) is 8.30. The second kappa shape index (κ2) is 10.5. The molecule has 6 unspecified atom stereocenters. The van der Waals surface area contributed by atoms with Gasteiger partial charge in [0, 0.05) is 37.2 Å². The lowest BCUT2D eigenvalue weighted by Gasteiger charge is -2.41. The first-order chi connectivity index (χ1) is 18.7. The molecular weight excluding hydrogens is 543 g/mol. The zero-order chi connectivity index (χ0) is 29.0. The minimum Gasteiger partial charge on any atom is -0.386 e. The van der Waals surface area contributed by atoms with Crippen molar-refractivity contribution in [3.8, 4) is 0 Å². The van der Waals surface area contributed by atoms with Gasteiger partial charge in [-0.1, -0.05) is 12.1 Å². The third kappa shape index (κ3) is 5.76. The molecule has 2 aliphatic carbocycles. The van der Waals surface area contributed by atoms with Gasteiger partial charge < -0.3 is 14.7 Å². The number of nitrogens with zero attached hydrogens (tertiary/aromatic N) is 1. The van der Waals surface area contributed by atoms with Crippen LogP contribution in [0.5, 0.6) is 0 Å². The van der Waals surface area contributed by atoms with E-state index in [9.17, 15) is 40.6 Å². The number of alkyl halides is 6. The van der Waals surface area contributed by atoms with E-state index >= 15 is 0 Å². The Morgan fingerprint density at radius 3 is 2.12 bits per heavy atom. The normalized spacial score (nSPS) is 28.0. The van der Waals surface area contributed by atoms with E-state index in [1.54, 1.807) is 12.1 Å². The topological polar surface area (TPSA) is 49.8 Å². The summed E-state index contributed by atoms with van der Waals surface area (Å²) >= 11 is 0. The van der Waals surface area contributed by atoms with Crippen LogP contribution in [0, 0.1) is 17.7 Å². The van der Waals surface area contributed by atoms with Gasteiger partial charge in [0.15, 0.2) is 5.78 Å². The summed E-state index contributed by atoms with van der Waals surface area (Å²) < 4.78 is 101. The minimum atomic E-state index is -4.97. The molecule has 2 aromatic rings. The van der Waals surface area contributed by atoms with Crippen molar-refractivity contribution in [2.75, 3.05) is 13.1 Å². The number of hydrogen-bond acceptors (Lipinski definition) is 4. The zero-order valence-corrected chi connectivity index (χ0v) is 21.5. The SMILES string of the molecule is CC(OC1CCC2CN(C3=CC(=O)CC3O)CC2C1c1ccc(F)cc1)c1cc(C(F)(F)F)cc(C(F)(F)F)c1. The second-order valence-corrected chi connectivity index (χ2v) is 10.9. The van der Waals surface area contributed by atoms with Crippen molar-refractivity contribution in [2.24, 2.45) is 11.8 Å². The Labute approximate surface area is 226 Å². The highest BCUT2D eigenvalue weighted by Gasteiger charge is 2.48. The lowest BCUT2D eigenvalue weighted by atomic mass is 9.69. The minimum absolute atomic E-state index is 0.0166. The van der Waals surface area contributed by atoms with Gasteiger partial charge in [-0.25, -0.2) is 4.39 Å². The van der Waals surface area contributed by atoms with Gasteiger partial charge in [-0.15, -0.1) is 0 Å². The Morgan fingerprint density at radius 1 is 0.950 bits per heavy atom. The Kier molecular flexibility index (Phi) is 7.50. The molecule has 0 amide bonds. The van der Waals surface area contributed by atoms with Crippen molar-refractivity contribution in [2.45, 2.75) is 62.8 Å². The van der Waals surface area contributed by atoms with Gasteiger partial charge in [0.2, 0.25) is 0 Å². The monoisotopic (exact) mass is 571 g/mol. The van der Waals surface area contributed by atoms with Crippen LogP contribution in [0.4, 0.5) is 30.7 Å². The summed E-state index contributed by atoms with van der Waals surface area (Å²) in [6.07, 6.45) is -9.90. The molecule has 2 fully saturated rings. The van der Waals surface area contributed by atoms with Gasteiger partial charge in [0.25, 0.3) is 0 Å². The number of benzene rings is 2. The van der Waals surface area contributed by atoms with Gasteiger partial charge in [0.05, 0.1) is 23.3 Å². The number of fused-ring (bicyclic) bond motifs is 1. The van der Waals surface area contributed by atoms with Crippen molar-refractivity contribution in [1.29, 1.82) is 0 Å². The van der Waals surface area contributed by atoms with E-state index in [2.05, 4.69) is 0 Å². The summed E-state index contributed by atoms with van der Waals surface area (Å²) in [4.78, 5) is 13.8. The summed E-state index contributed by atoms with van der Waals surface area (Å²) in [5.74, 6) is -0.875. The maximum absolute atomic E-state index is 13.8. The fraction of sp³-hybridized carbons (Fsp3) is 0.483. The van der Waals surface area contributed by atoms with Crippen molar-refractivity contribution in [1.82, 2.24) is 4.90 Å². The maximum atomic E-state index is 13.8. The first kappa shape index (κ1) is 28.6. The lowest BCUT2D eigenvalue weighted by molar-refractivity contribution is -0.143. The quantitative estimate of drug-likeness (QED) is 0.409. The number of rotatable bonds is 5. The molecule has 4 nitrogen and oxygen atoms in total. The van der Waals surface area contributed by atoms with Crippen molar-refractivity contribution >= 4 is 5.78 Å². The highest BCUT2D eigenvalue weighted by Crippen LogP contribution is 2.49. The fourth-order valence-corrected chi connectivity index (χ4v) is 6.42. The molecule has 3 aliphatic rings. The van der Waals surface area contributed by atoms with Crippen LogP contribution >= 0.6 is 0 Å². The molecule has 216 valence electrons. The first-order valence-electron chi connectivity index (χ1n) is 13.1. The Hall–Kier alpha value is -2.92. The molecule has 6 atom stereocenters. The van der Waals surface area contributed by atoms with Gasteiger partial charge >= 0.3 is 12.4 Å². The van der Waals surface area contributed by atoms with Crippen LogP contribution in [0.2, 0.25) is 0 Å². The van der Waals surface area contributed by atoms with Crippen LogP contribution in [-0.2, 0) is 21.9 Å². The average molecular weight is 572 g/mol. The molecule has 1 N–H and O–H groups in total. The molecule has 2 aromatic carbocycles. The van der Waals surface area contributed by atoms with Crippen LogP contribution in [0.1, 0.15) is 60.5 Å². The molecule has 1 heterocycles.